The van der Waals surface area contributed by atoms with Crippen LogP contribution in [0.4, 0.5) is 14.6 Å². The van der Waals surface area contributed by atoms with E-state index in [1.165, 1.54) is 29.7 Å². The number of aliphatic hydroxyl groups excluding tert-OH is 1. The van der Waals surface area contributed by atoms with Crippen LogP contribution >= 0.6 is 22.9 Å². The van der Waals surface area contributed by atoms with Gasteiger partial charge < -0.3 is 15.3 Å². The predicted octanol–water partition coefficient (Wildman–Crippen LogP) is 4.78. The highest BCUT2D eigenvalue weighted by Crippen LogP contribution is 2.37. The molecule has 0 amide bonds. The molecular formula is C18H13ClF2N4O2S. The Kier molecular flexibility index (Phi) is 4.53. The van der Waals surface area contributed by atoms with Gasteiger partial charge in [0.2, 0.25) is 0 Å². The second kappa shape index (κ2) is 6.77. The maximum absolute atomic E-state index is 13.4. The summed E-state index contributed by atoms with van der Waals surface area (Å²) < 4.78 is 32.0. The number of hydrogen-bond acceptors (Lipinski definition) is 7. The summed E-state index contributed by atoms with van der Waals surface area (Å²) in [4.78, 5) is 13.6. The molecule has 0 aliphatic carbocycles. The number of aliphatic hydroxyl groups is 1. The van der Waals surface area contributed by atoms with Crippen LogP contribution in [0.2, 0.25) is 5.02 Å². The fraction of sp³-hybridized carbons (Fsp3) is 0.167. The molecule has 4 aromatic heterocycles. The molecule has 1 unspecified atom stereocenters. The van der Waals surface area contributed by atoms with E-state index in [0.29, 0.717) is 25.8 Å². The van der Waals surface area contributed by atoms with Crippen molar-refractivity contribution in [2.45, 2.75) is 19.0 Å². The van der Waals surface area contributed by atoms with Crippen molar-refractivity contribution in [2.24, 2.45) is 0 Å². The summed E-state index contributed by atoms with van der Waals surface area (Å²) in [5.74, 6) is -3.30. The first-order chi connectivity index (χ1) is 13.2. The largest absolute Gasteiger partial charge is 0.451 e. The molecule has 0 aromatic carbocycles. The number of nitrogens with two attached hydrogens (primary N) is 1. The summed E-state index contributed by atoms with van der Waals surface area (Å²) in [5.41, 5.74) is 6.32. The number of furan rings is 1. The van der Waals surface area contributed by atoms with Crippen LogP contribution in [0, 0.1) is 0 Å². The molecule has 4 heterocycles. The molecule has 3 N–H and O–H groups in total. The van der Waals surface area contributed by atoms with Crippen LogP contribution in [0.1, 0.15) is 29.4 Å². The first kappa shape index (κ1) is 18.7. The summed E-state index contributed by atoms with van der Waals surface area (Å²) in [5, 5.41) is 11.5. The van der Waals surface area contributed by atoms with Gasteiger partial charge in [0, 0.05) is 18.0 Å². The maximum Gasteiger partial charge on any atom is 0.301 e. The third-order valence-corrected chi connectivity index (χ3v) is 5.42. The Morgan fingerprint density at radius 2 is 2.07 bits per heavy atom. The van der Waals surface area contributed by atoms with Gasteiger partial charge in [0.25, 0.3) is 0 Å². The SMILES string of the molecule is CC(F)(F)c1ccc(-c2nc(N)c3cc(C(O)c4ncccc4Cl)sc3n2)o1. The molecule has 0 saturated carbocycles. The van der Waals surface area contributed by atoms with Crippen molar-refractivity contribution in [3.8, 4) is 11.6 Å². The van der Waals surface area contributed by atoms with Crippen molar-refractivity contribution in [3.63, 3.8) is 0 Å². The second-order valence-corrected chi connectivity index (χ2v) is 7.59. The zero-order valence-corrected chi connectivity index (χ0v) is 15.9. The average Bonchev–Trinajstić information content (AvgIpc) is 3.28. The van der Waals surface area contributed by atoms with Crippen LogP contribution in [0.3, 0.4) is 0 Å². The molecule has 144 valence electrons. The number of anilines is 1. The zero-order valence-electron chi connectivity index (χ0n) is 14.4. The molecule has 1 atom stereocenters. The molecule has 4 rings (SSSR count). The van der Waals surface area contributed by atoms with Gasteiger partial charge in [-0.25, -0.2) is 9.97 Å². The lowest BCUT2D eigenvalue weighted by molar-refractivity contribution is -0.00473. The number of nitrogens with zero attached hydrogens (tertiary/aromatic N) is 3. The van der Waals surface area contributed by atoms with Gasteiger partial charge in [-0.2, -0.15) is 8.78 Å². The monoisotopic (exact) mass is 422 g/mol. The quantitative estimate of drug-likeness (QED) is 0.491. The van der Waals surface area contributed by atoms with E-state index in [9.17, 15) is 13.9 Å². The molecule has 0 bridgehead atoms. The van der Waals surface area contributed by atoms with Crippen LogP contribution in [0.5, 0.6) is 0 Å². The van der Waals surface area contributed by atoms with E-state index < -0.39 is 17.8 Å². The van der Waals surface area contributed by atoms with Gasteiger partial charge in [0.1, 0.15) is 16.8 Å². The zero-order chi connectivity index (χ0) is 20.1. The van der Waals surface area contributed by atoms with Crippen molar-refractivity contribution in [2.75, 3.05) is 5.73 Å². The lowest BCUT2D eigenvalue weighted by Gasteiger charge is -2.08. The first-order valence-corrected chi connectivity index (χ1v) is 9.27. The van der Waals surface area contributed by atoms with Crippen LogP contribution in [-0.2, 0) is 5.92 Å². The number of halogens is 3. The fourth-order valence-corrected chi connectivity index (χ4v) is 3.89. The highest BCUT2D eigenvalue weighted by Gasteiger charge is 2.29. The molecule has 10 heteroatoms. The molecule has 28 heavy (non-hydrogen) atoms. The minimum absolute atomic E-state index is 0.0772. The number of nitrogen functional groups attached to an aromatic ring is 1. The van der Waals surface area contributed by atoms with Crippen LogP contribution in [0.25, 0.3) is 21.8 Å². The van der Waals surface area contributed by atoms with Crippen LogP contribution in [-0.4, -0.2) is 20.1 Å². The van der Waals surface area contributed by atoms with Gasteiger partial charge in [-0.05, 0) is 30.3 Å². The lowest BCUT2D eigenvalue weighted by atomic mass is 10.2. The number of fused-ring (bicyclic) bond motifs is 1. The standard InChI is InChI=1S/C18H13ClF2N4O2S/c1-18(20,21)12-5-4-10(27-12)16-24-15(22)8-7-11(28-17(8)25-16)14(26)13-9(19)3-2-6-23-13/h2-7,14,26H,1H3,(H2,22,24,25). The molecule has 0 saturated heterocycles. The minimum atomic E-state index is -3.12. The van der Waals surface area contributed by atoms with Crippen molar-refractivity contribution in [1.29, 1.82) is 0 Å². The first-order valence-electron chi connectivity index (χ1n) is 8.08. The molecule has 6 nitrogen and oxygen atoms in total. The molecule has 0 spiro atoms. The van der Waals surface area contributed by atoms with E-state index >= 15 is 0 Å². The van der Waals surface area contributed by atoms with E-state index in [1.807, 2.05) is 0 Å². The number of rotatable bonds is 4. The Morgan fingerprint density at radius 3 is 2.75 bits per heavy atom. The Hall–Kier alpha value is -2.62. The van der Waals surface area contributed by atoms with E-state index in [0.717, 1.165) is 6.92 Å². The third kappa shape index (κ3) is 3.32. The summed E-state index contributed by atoms with van der Waals surface area (Å²) in [6.45, 7) is 0.740. The lowest BCUT2D eigenvalue weighted by Crippen LogP contribution is -2.04. The Morgan fingerprint density at radius 1 is 1.29 bits per heavy atom. The van der Waals surface area contributed by atoms with Gasteiger partial charge in [0.05, 0.1) is 16.1 Å². The normalized spacial score (nSPS) is 13.2. The summed E-state index contributed by atoms with van der Waals surface area (Å²) in [7, 11) is 0. The van der Waals surface area contributed by atoms with Crippen molar-refractivity contribution in [1.82, 2.24) is 15.0 Å². The van der Waals surface area contributed by atoms with Gasteiger partial charge in [-0.1, -0.05) is 11.6 Å². The average molecular weight is 423 g/mol. The summed E-state index contributed by atoms with van der Waals surface area (Å²) >= 11 is 7.27. The van der Waals surface area contributed by atoms with Gasteiger partial charge in [-0.3, -0.25) is 4.98 Å². The van der Waals surface area contributed by atoms with E-state index in [2.05, 4.69) is 15.0 Å². The maximum atomic E-state index is 13.4. The van der Waals surface area contributed by atoms with Crippen molar-refractivity contribution < 1.29 is 18.3 Å². The molecule has 0 radical (unpaired) electrons. The topological polar surface area (TPSA) is 98.1 Å². The minimum Gasteiger partial charge on any atom is -0.451 e. The summed E-state index contributed by atoms with van der Waals surface area (Å²) in [6.07, 6.45) is 0.465. The fourth-order valence-electron chi connectivity index (χ4n) is 2.63. The molecule has 0 aliphatic heterocycles. The number of hydrogen-bond donors (Lipinski definition) is 2. The number of thiophene rings is 1. The predicted molar refractivity (Wildman–Crippen MR) is 102 cm³/mol. The third-order valence-electron chi connectivity index (χ3n) is 4.02. The van der Waals surface area contributed by atoms with E-state index in [4.69, 9.17) is 21.8 Å². The van der Waals surface area contributed by atoms with Crippen molar-refractivity contribution >= 4 is 39.0 Å². The smallest absolute Gasteiger partial charge is 0.301 e. The van der Waals surface area contributed by atoms with Gasteiger partial charge in [0.15, 0.2) is 17.3 Å². The Bertz CT molecular complexity index is 1170. The molecular weight excluding hydrogens is 410 g/mol. The molecule has 4 aromatic rings. The number of alkyl halides is 2. The number of aromatic nitrogens is 3. The van der Waals surface area contributed by atoms with E-state index in [-0.39, 0.29) is 17.4 Å². The highest BCUT2D eigenvalue weighted by atomic mass is 35.5. The van der Waals surface area contributed by atoms with Gasteiger partial charge >= 0.3 is 5.92 Å². The molecule has 0 aliphatic rings. The Labute approximate surface area is 166 Å². The van der Waals surface area contributed by atoms with Crippen molar-refractivity contribution in [3.05, 3.63) is 57.9 Å². The summed E-state index contributed by atoms with van der Waals surface area (Å²) in [6, 6.07) is 7.49. The van der Waals surface area contributed by atoms with Crippen LogP contribution in [0.15, 0.2) is 40.9 Å². The van der Waals surface area contributed by atoms with Gasteiger partial charge in [-0.15, -0.1) is 11.3 Å². The van der Waals surface area contributed by atoms with Crippen LogP contribution < -0.4 is 5.73 Å². The second-order valence-electron chi connectivity index (χ2n) is 6.13. The van der Waals surface area contributed by atoms with E-state index in [1.54, 1.807) is 18.2 Å². The highest BCUT2D eigenvalue weighted by molar-refractivity contribution is 7.18. The number of pyridine rings is 1. The molecule has 0 fully saturated rings. The Balaban J connectivity index is 1.76.